The predicted octanol–water partition coefficient (Wildman–Crippen LogP) is 6.44. The molecular weight excluding hydrogens is 637 g/mol. The highest BCUT2D eigenvalue weighted by molar-refractivity contribution is 6.76. The van der Waals surface area contributed by atoms with E-state index in [1.54, 1.807) is 17.3 Å². The Balaban J connectivity index is 1.14. The van der Waals surface area contributed by atoms with Gasteiger partial charge in [-0.1, -0.05) is 31.8 Å². The maximum Gasteiger partial charge on any atom is 0.410 e. The summed E-state index contributed by atoms with van der Waals surface area (Å²) in [6.45, 7) is 19.5. The molecule has 1 amide bonds. The summed E-state index contributed by atoms with van der Waals surface area (Å²) in [7, 11) is -1.20. The molecule has 1 aromatic carbocycles. The van der Waals surface area contributed by atoms with Gasteiger partial charge in [-0.15, -0.1) is 0 Å². The van der Waals surface area contributed by atoms with Crippen LogP contribution in [0.5, 0.6) is 0 Å². The molecule has 1 N–H and O–H groups in total. The van der Waals surface area contributed by atoms with Crippen molar-refractivity contribution in [3.05, 3.63) is 55.0 Å². The van der Waals surface area contributed by atoms with Crippen LogP contribution in [-0.4, -0.2) is 103 Å². The van der Waals surface area contributed by atoms with E-state index in [0.717, 1.165) is 65.1 Å². The van der Waals surface area contributed by atoms with Gasteiger partial charge in [0, 0.05) is 71.2 Å². The summed E-state index contributed by atoms with van der Waals surface area (Å²) in [6.07, 6.45) is 5.22. The molecular formula is C36H50N8O4Si. The van der Waals surface area contributed by atoms with Gasteiger partial charge in [-0.25, -0.2) is 19.7 Å². The molecule has 0 unspecified atom stereocenters. The van der Waals surface area contributed by atoms with Crippen molar-refractivity contribution in [1.29, 1.82) is 0 Å². The predicted molar refractivity (Wildman–Crippen MR) is 198 cm³/mol. The number of benzene rings is 1. The van der Waals surface area contributed by atoms with E-state index in [1.165, 1.54) is 0 Å². The Morgan fingerprint density at radius 3 is 2.24 bits per heavy atom. The SMILES string of the molecule is CC(C)(C)OC(=O)N1CCN(c2ncc(Nc3ccc(-c4cc5c(N6CCOCC6)nccc5n4COCC[Si](C)(C)C)cc3)cn2)CC1. The van der Waals surface area contributed by atoms with Gasteiger partial charge in [0.25, 0.3) is 0 Å². The van der Waals surface area contributed by atoms with Crippen LogP contribution >= 0.6 is 0 Å². The van der Waals surface area contributed by atoms with Crippen molar-refractivity contribution in [2.45, 2.75) is 58.8 Å². The zero-order chi connectivity index (χ0) is 34.6. The number of rotatable bonds is 10. The molecule has 12 nitrogen and oxygen atoms in total. The van der Waals surface area contributed by atoms with Gasteiger partial charge in [0.05, 0.1) is 42.5 Å². The van der Waals surface area contributed by atoms with Crippen LogP contribution in [0, 0.1) is 0 Å². The first-order chi connectivity index (χ1) is 23.4. The molecule has 49 heavy (non-hydrogen) atoms. The molecule has 3 aromatic heterocycles. The number of hydrogen-bond acceptors (Lipinski definition) is 10. The second-order valence-corrected chi connectivity index (χ2v) is 20.5. The fourth-order valence-corrected chi connectivity index (χ4v) is 6.72. The number of ether oxygens (including phenoxy) is 3. The van der Waals surface area contributed by atoms with Crippen molar-refractivity contribution >= 4 is 48.2 Å². The molecule has 2 aliphatic rings. The molecule has 0 aliphatic carbocycles. The fourth-order valence-electron chi connectivity index (χ4n) is 5.97. The maximum absolute atomic E-state index is 12.4. The third kappa shape index (κ3) is 8.89. The van der Waals surface area contributed by atoms with E-state index in [2.05, 4.69) is 85.7 Å². The van der Waals surface area contributed by atoms with E-state index in [9.17, 15) is 4.79 Å². The number of amides is 1. The molecule has 2 fully saturated rings. The Labute approximate surface area is 290 Å². The minimum Gasteiger partial charge on any atom is -0.444 e. The molecule has 0 spiro atoms. The highest BCUT2D eigenvalue weighted by atomic mass is 28.3. The summed E-state index contributed by atoms with van der Waals surface area (Å²) < 4.78 is 19.7. The van der Waals surface area contributed by atoms with Gasteiger partial charge in [0.2, 0.25) is 5.95 Å². The molecule has 6 rings (SSSR count). The van der Waals surface area contributed by atoms with Crippen LogP contribution in [0.1, 0.15) is 20.8 Å². The fraction of sp³-hybridized carbons (Fsp3) is 0.500. The van der Waals surface area contributed by atoms with Crippen molar-refractivity contribution in [3.63, 3.8) is 0 Å². The number of morpholine rings is 1. The first kappa shape index (κ1) is 34.7. The third-order valence-corrected chi connectivity index (χ3v) is 10.4. The summed E-state index contributed by atoms with van der Waals surface area (Å²) in [4.78, 5) is 32.6. The largest absolute Gasteiger partial charge is 0.444 e. The van der Waals surface area contributed by atoms with E-state index < -0.39 is 13.7 Å². The number of nitrogens with zero attached hydrogens (tertiary/aromatic N) is 7. The number of aromatic nitrogens is 4. The lowest BCUT2D eigenvalue weighted by atomic mass is 10.1. The van der Waals surface area contributed by atoms with Gasteiger partial charge in [-0.3, -0.25) is 0 Å². The monoisotopic (exact) mass is 686 g/mol. The second kappa shape index (κ2) is 14.7. The van der Waals surface area contributed by atoms with Crippen molar-refractivity contribution < 1.29 is 19.0 Å². The highest BCUT2D eigenvalue weighted by Gasteiger charge is 2.27. The van der Waals surface area contributed by atoms with Crippen LogP contribution in [0.15, 0.2) is 55.0 Å². The molecule has 0 atom stereocenters. The normalized spacial score (nSPS) is 15.9. The molecule has 5 heterocycles. The maximum atomic E-state index is 12.4. The number of pyridine rings is 1. The lowest BCUT2D eigenvalue weighted by molar-refractivity contribution is 0.0240. The second-order valence-electron chi connectivity index (χ2n) is 14.9. The first-order valence-corrected chi connectivity index (χ1v) is 21.0. The Morgan fingerprint density at radius 2 is 1.59 bits per heavy atom. The summed E-state index contributed by atoms with van der Waals surface area (Å²) in [5.74, 6) is 1.64. The lowest BCUT2D eigenvalue weighted by Gasteiger charge is -2.35. The standard InChI is InChI=1S/C36H50N8O4Si/c1-36(2,3)48-35(45)43-15-13-42(14-16-43)34-38-24-29(25-39-34)40-28-9-7-27(8-10-28)32-23-30-31(44(32)26-47-21-22-49(4,5)6)11-12-37-33(30)41-17-19-46-20-18-41/h7-12,23-25,40H,13-22,26H2,1-6H3. The third-order valence-electron chi connectivity index (χ3n) is 8.66. The van der Waals surface area contributed by atoms with E-state index in [-0.39, 0.29) is 6.09 Å². The number of piperazine rings is 1. The van der Waals surface area contributed by atoms with Crippen LogP contribution in [0.2, 0.25) is 25.7 Å². The molecule has 262 valence electrons. The molecule has 2 aliphatic heterocycles. The molecule has 13 heteroatoms. The van der Waals surface area contributed by atoms with Crippen LogP contribution in [0.3, 0.4) is 0 Å². The number of nitrogens with one attached hydrogen (secondary N) is 1. The van der Waals surface area contributed by atoms with Crippen LogP contribution in [-0.2, 0) is 20.9 Å². The van der Waals surface area contributed by atoms with Gasteiger partial charge in [0.1, 0.15) is 18.1 Å². The van der Waals surface area contributed by atoms with Crippen molar-refractivity contribution in [2.24, 2.45) is 0 Å². The highest BCUT2D eigenvalue weighted by Crippen LogP contribution is 2.34. The average molecular weight is 687 g/mol. The summed E-state index contributed by atoms with van der Waals surface area (Å²) >= 11 is 0. The van der Waals surface area contributed by atoms with Crippen molar-refractivity contribution in [2.75, 3.05) is 74.2 Å². The van der Waals surface area contributed by atoms with Crippen LogP contribution in [0.4, 0.5) is 27.9 Å². The first-order valence-electron chi connectivity index (χ1n) is 17.2. The molecule has 2 saturated heterocycles. The number of hydrogen-bond donors (Lipinski definition) is 1. The number of carbonyl (C=O) groups excluding carboxylic acids is 1. The summed E-state index contributed by atoms with van der Waals surface area (Å²) in [6, 6.07) is 13.9. The molecule has 0 radical (unpaired) electrons. The van der Waals surface area contributed by atoms with Gasteiger partial charge >= 0.3 is 6.09 Å². The van der Waals surface area contributed by atoms with Crippen molar-refractivity contribution in [3.8, 4) is 11.3 Å². The average Bonchev–Trinajstić information content (AvgIpc) is 3.45. The van der Waals surface area contributed by atoms with Gasteiger partial charge < -0.3 is 38.8 Å². The Bertz CT molecular complexity index is 1700. The zero-order valence-corrected chi connectivity index (χ0v) is 30.7. The Kier molecular flexibility index (Phi) is 10.4. The van der Waals surface area contributed by atoms with E-state index in [1.807, 2.05) is 27.0 Å². The smallest absolute Gasteiger partial charge is 0.410 e. The minimum absolute atomic E-state index is 0.277. The van der Waals surface area contributed by atoms with Crippen LogP contribution in [0.25, 0.3) is 22.2 Å². The molecule has 4 aromatic rings. The van der Waals surface area contributed by atoms with Crippen molar-refractivity contribution in [1.82, 2.24) is 24.4 Å². The zero-order valence-electron chi connectivity index (χ0n) is 29.7. The van der Waals surface area contributed by atoms with Gasteiger partial charge in [-0.05, 0) is 56.6 Å². The lowest BCUT2D eigenvalue weighted by Crippen LogP contribution is -2.50. The quantitative estimate of drug-likeness (QED) is 0.148. The van der Waals surface area contributed by atoms with Gasteiger partial charge in [-0.2, -0.15) is 0 Å². The van der Waals surface area contributed by atoms with E-state index in [0.29, 0.717) is 52.1 Å². The Hall–Kier alpha value is -4.20. The Morgan fingerprint density at radius 1 is 0.898 bits per heavy atom. The summed E-state index contributed by atoms with van der Waals surface area (Å²) in [5, 5.41) is 4.56. The van der Waals surface area contributed by atoms with E-state index >= 15 is 0 Å². The number of anilines is 4. The van der Waals surface area contributed by atoms with Gasteiger partial charge in [0.15, 0.2) is 0 Å². The molecule has 0 bridgehead atoms. The number of carbonyl (C=O) groups is 1. The minimum atomic E-state index is -1.20. The number of fused-ring (bicyclic) bond motifs is 1. The topological polar surface area (TPSA) is 110 Å². The van der Waals surface area contributed by atoms with Crippen LogP contribution < -0.4 is 15.1 Å². The van der Waals surface area contributed by atoms with E-state index in [4.69, 9.17) is 19.2 Å². The molecule has 0 saturated carbocycles. The summed E-state index contributed by atoms with van der Waals surface area (Å²) in [5.41, 5.74) is 4.54.